The minimum Gasteiger partial charge on any atom is -0.353 e. The molecular formula is C15H18N4O. The number of carbonyl (C=O) groups excluding carboxylic acids is 1. The van der Waals surface area contributed by atoms with Crippen LogP contribution in [0.3, 0.4) is 0 Å². The quantitative estimate of drug-likeness (QED) is 0.871. The number of aryl methyl sites for hydroxylation is 1. The molecule has 0 radical (unpaired) electrons. The van der Waals surface area contributed by atoms with Crippen LogP contribution in [-0.2, 0) is 11.8 Å². The Morgan fingerprint density at radius 3 is 2.65 bits per heavy atom. The second-order valence-electron chi connectivity index (χ2n) is 5.15. The zero-order valence-corrected chi connectivity index (χ0v) is 11.4. The minimum atomic E-state index is -0.410. The van der Waals surface area contributed by atoms with Crippen LogP contribution in [0.15, 0.2) is 42.6 Å². The van der Waals surface area contributed by atoms with Crippen LogP contribution in [0.1, 0.15) is 24.4 Å². The van der Waals surface area contributed by atoms with E-state index in [0.717, 1.165) is 18.4 Å². The summed E-state index contributed by atoms with van der Waals surface area (Å²) in [6.45, 7) is 0. The number of nitrogens with zero attached hydrogens (tertiary/aromatic N) is 2. The van der Waals surface area contributed by atoms with Crippen molar-refractivity contribution < 1.29 is 4.79 Å². The van der Waals surface area contributed by atoms with Crippen molar-refractivity contribution in [3.63, 3.8) is 0 Å². The highest BCUT2D eigenvalue weighted by molar-refractivity contribution is 5.86. The Labute approximate surface area is 118 Å². The minimum absolute atomic E-state index is 0.00403. The van der Waals surface area contributed by atoms with Gasteiger partial charge in [0.05, 0.1) is 0 Å². The van der Waals surface area contributed by atoms with Gasteiger partial charge in [-0.2, -0.15) is 5.10 Å². The zero-order valence-electron chi connectivity index (χ0n) is 11.4. The molecule has 1 aliphatic rings. The number of nitrogens with one attached hydrogen (secondary N) is 2. The third kappa shape index (κ3) is 2.99. The third-order valence-electron chi connectivity index (χ3n) is 3.32. The molecule has 2 N–H and O–H groups in total. The third-order valence-corrected chi connectivity index (χ3v) is 3.32. The fourth-order valence-electron chi connectivity index (χ4n) is 2.10. The highest BCUT2D eigenvalue weighted by Crippen LogP contribution is 2.23. The van der Waals surface area contributed by atoms with Gasteiger partial charge in [0, 0.05) is 25.4 Å². The van der Waals surface area contributed by atoms with E-state index >= 15 is 0 Å². The van der Waals surface area contributed by atoms with Crippen molar-refractivity contribution in [3.05, 3.63) is 48.2 Å². The molecule has 3 rings (SSSR count). The summed E-state index contributed by atoms with van der Waals surface area (Å²) in [6.07, 6.45) is 4.01. The Bertz CT molecular complexity index is 589. The summed E-state index contributed by atoms with van der Waals surface area (Å²) in [7, 11) is 1.85. The zero-order chi connectivity index (χ0) is 13.9. The number of hydrogen-bond donors (Lipinski definition) is 2. The number of amides is 1. The van der Waals surface area contributed by atoms with Gasteiger partial charge >= 0.3 is 0 Å². The second-order valence-corrected chi connectivity index (χ2v) is 5.15. The fourth-order valence-corrected chi connectivity index (χ4v) is 2.10. The van der Waals surface area contributed by atoms with E-state index in [1.54, 1.807) is 4.68 Å². The van der Waals surface area contributed by atoms with Gasteiger partial charge < -0.3 is 10.6 Å². The van der Waals surface area contributed by atoms with E-state index in [0.29, 0.717) is 11.9 Å². The molecule has 1 amide bonds. The van der Waals surface area contributed by atoms with Crippen LogP contribution in [-0.4, -0.2) is 21.7 Å². The van der Waals surface area contributed by atoms with Crippen LogP contribution >= 0.6 is 0 Å². The second kappa shape index (κ2) is 5.36. The summed E-state index contributed by atoms with van der Waals surface area (Å²) in [6, 6.07) is 11.5. The molecule has 1 atom stereocenters. The SMILES string of the molecule is Cn1ccc(N[C@H](C(=O)NC2CC2)c2ccccc2)n1. The Balaban J connectivity index is 1.80. The molecule has 0 saturated heterocycles. The molecule has 0 spiro atoms. The summed E-state index contributed by atoms with van der Waals surface area (Å²) in [5, 5.41) is 10.5. The standard InChI is InChI=1S/C15H18N4O/c1-19-10-9-13(18-19)17-14(11-5-3-2-4-6-11)15(20)16-12-7-8-12/h2-6,9-10,12,14H,7-8H2,1H3,(H,16,20)(H,17,18)/t14-/m0/s1. The number of carbonyl (C=O) groups is 1. The van der Waals surface area contributed by atoms with Crippen molar-refractivity contribution in [1.29, 1.82) is 0 Å². The number of rotatable bonds is 5. The van der Waals surface area contributed by atoms with Gasteiger partial charge in [-0.05, 0) is 18.4 Å². The molecule has 0 unspecified atom stereocenters. The number of anilines is 1. The predicted molar refractivity (Wildman–Crippen MR) is 77.2 cm³/mol. The Kier molecular flexibility index (Phi) is 3.41. The van der Waals surface area contributed by atoms with Gasteiger partial charge in [0.15, 0.2) is 0 Å². The van der Waals surface area contributed by atoms with Gasteiger partial charge in [-0.3, -0.25) is 9.48 Å². The highest BCUT2D eigenvalue weighted by atomic mass is 16.2. The van der Waals surface area contributed by atoms with Gasteiger partial charge in [0.1, 0.15) is 11.9 Å². The Hall–Kier alpha value is -2.30. The number of benzene rings is 1. The average Bonchev–Trinajstić information content (AvgIpc) is 3.17. The maximum atomic E-state index is 12.4. The molecule has 1 aromatic carbocycles. The topological polar surface area (TPSA) is 59.0 Å². The maximum absolute atomic E-state index is 12.4. The number of aromatic nitrogens is 2. The summed E-state index contributed by atoms with van der Waals surface area (Å²) in [5.74, 6) is 0.705. The molecule has 5 nitrogen and oxygen atoms in total. The van der Waals surface area contributed by atoms with Crippen LogP contribution in [0.4, 0.5) is 5.82 Å². The molecule has 5 heteroatoms. The monoisotopic (exact) mass is 270 g/mol. The van der Waals surface area contributed by atoms with E-state index in [1.165, 1.54) is 0 Å². The van der Waals surface area contributed by atoms with Gasteiger partial charge in [-0.25, -0.2) is 0 Å². The van der Waals surface area contributed by atoms with Crippen LogP contribution in [0, 0.1) is 0 Å². The first kappa shape index (κ1) is 12.7. The van der Waals surface area contributed by atoms with Crippen molar-refractivity contribution in [2.75, 3.05) is 5.32 Å². The van der Waals surface area contributed by atoms with Gasteiger partial charge in [0.2, 0.25) is 5.91 Å². The molecule has 20 heavy (non-hydrogen) atoms. The first-order valence-electron chi connectivity index (χ1n) is 6.84. The molecule has 0 aliphatic heterocycles. The van der Waals surface area contributed by atoms with Gasteiger partial charge in [-0.15, -0.1) is 0 Å². The van der Waals surface area contributed by atoms with E-state index in [-0.39, 0.29) is 5.91 Å². The lowest BCUT2D eigenvalue weighted by molar-refractivity contribution is -0.122. The van der Waals surface area contributed by atoms with E-state index < -0.39 is 6.04 Å². The first-order valence-corrected chi connectivity index (χ1v) is 6.84. The molecule has 1 saturated carbocycles. The fraction of sp³-hybridized carbons (Fsp3) is 0.333. The van der Waals surface area contributed by atoms with E-state index in [1.807, 2.05) is 49.6 Å². The molecule has 1 aliphatic carbocycles. The van der Waals surface area contributed by atoms with Crippen LogP contribution in [0.2, 0.25) is 0 Å². The van der Waals surface area contributed by atoms with E-state index in [4.69, 9.17) is 0 Å². The Morgan fingerprint density at radius 2 is 2.05 bits per heavy atom. The molecule has 104 valence electrons. The maximum Gasteiger partial charge on any atom is 0.247 e. The van der Waals surface area contributed by atoms with Crippen LogP contribution < -0.4 is 10.6 Å². The summed E-state index contributed by atoms with van der Waals surface area (Å²) < 4.78 is 1.71. The summed E-state index contributed by atoms with van der Waals surface area (Å²) in [4.78, 5) is 12.4. The van der Waals surface area contributed by atoms with Crippen molar-refractivity contribution in [1.82, 2.24) is 15.1 Å². The molecule has 1 fully saturated rings. The molecular weight excluding hydrogens is 252 g/mol. The van der Waals surface area contributed by atoms with Crippen molar-refractivity contribution in [2.45, 2.75) is 24.9 Å². The molecule has 1 aromatic heterocycles. The summed E-state index contributed by atoms with van der Waals surface area (Å²) in [5.41, 5.74) is 0.941. The van der Waals surface area contributed by atoms with Crippen LogP contribution in [0.5, 0.6) is 0 Å². The van der Waals surface area contributed by atoms with Crippen LogP contribution in [0.25, 0.3) is 0 Å². The van der Waals surface area contributed by atoms with Crippen molar-refractivity contribution in [2.24, 2.45) is 7.05 Å². The lowest BCUT2D eigenvalue weighted by Crippen LogP contribution is -2.34. The Morgan fingerprint density at radius 1 is 1.30 bits per heavy atom. The first-order chi connectivity index (χ1) is 9.72. The molecule has 2 aromatic rings. The summed E-state index contributed by atoms with van der Waals surface area (Å²) >= 11 is 0. The average molecular weight is 270 g/mol. The smallest absolute Gasteiger partial charge is 0.247 e. The normalized spacial score (nSPS) is 15.7. The lowest BCUT2D eigenvalue weighted by atomic mass is 10.1. The van der Waals surface area contributed by atoms with E-state index in [9.17, 15) is 4.79 Å². The van der Waals surface area contributed by atoms with Crippen molar-refractivity contribution >= 4 is 11.7 Å². The molecule has 0 bridgehead atoms. The highest BCUT2D eigenvalue weighted by Gasteiger charge is 2.28. The van der Waals surface area contributed by atoms with E-state index in [2.05, 4.69) is 15.7 Å². The largest absolute Gasteiger partial charge is 0.353 e. The number of hydrogen-bond acceptors (Lipinski definition) is 3. The van der Waals surface area contributed by atoms with Gasteiger partial charge in [0.25, 0.3) is 0 Å². The van der Waals surface area contributed by atoms with Crippen molar-refractivity contribution in [3.8, 4) is 0 Å². The predicted octanol–water partition coefficient (Wildman–Crippen LogP) is 1.85. The lowest BCUT2D eigenvalue weighted by Gasteiger charge is -2.18. The molecule has 1 heterocycles. The van der Waals surface area contributed by atoms with Gasteiger partial charge in [-0.1, -0.05) is 30.3 Å².